The van der Waals surface area contributed by atoms with Gasteiger partial charge in [-0.05, 0) is 37.5 Å². The molecule has 2 aliphatic heterocycles. The fraction of sp³-hybridized carbons (Fsp3) is 0.450. The van der Waals surface area contributed by atoms with Crippen LogP contribution in [0.25, 0.3) is 0 Å². The number of amides is 1. The van der Waals surface area contributed by atoms with Crippen molar-refractivity contribution in [1.82, 2.24) is 9.88 Å². The van der Waals surface area contributed by atoms with Gasteiger partial charge in [0.05, 0.1) is 31.1 Å². The van der Waals surface area contributed by atoms with Crippen LogP contribution >= 0.6 is 11.3 Å². The number of aromatic nitrogens is 1. The van der Waals surface area contributed by atoms with E-state index >= 15 is 0 Å². The van der Waals surface area contributed by atoms with Crippen molar-refractivity contribution in [3.63, 3.8) is 0 Å². The maximum Gasteiger partial charge on any atom is 0.345 e. The minimum absolute atomic E-state index is 0.0789. The van der Waals surface area contributed by atoms with Gasteiger partial charge < -0.3 is 19.5 Å². The van der Waals surface area contributed by atoms with E-state index in [9.17, 15) is 14.7 Å². The Morgan fingerprint density at radius 3 is 2.75 bits per heavy atom. The van der Waals surface area contributed by atoms with Crippen LogP contribution in [0.5, 0.6) is 5.75 Å². The number of hydrogen-bond donors (Lipinski definition) is 1. The highest BCUT2D eigenvalue weighted by Crippen LogP contribution is 2.44. The number of carbonyl (C=O) groups is 2. The molecule has 8 heteroatoms. The van der Waals surface area contributed by atoms with Crippen molar-refractivity contribution in [2.75, 3.05) is 26.8 Å². The first kappa shape index (κ1) is 18.9. The van der Waals surface area contributed by atoms with Crippen LogP contribution in [0.15, 0.2) is 18.3 Å². The van der Waals surface area contributed by atoms with Gasteiger partial charge in [0, 0.05) is 30.1 Å². The average Bonchev–Trinajstić information content (AvgIpc) is 3.14. The topological polar surface area (TPSA) is 89.0 Å². The van der Waals surface area contributed by atoms with Crippen LogP contribution in [0.1, 0.15) is 49.0 Å². The zero-order chi connectivity index (χ0) is 19.9. The summed E-state index contributed by atoms with van der Waals surface area (Å²) in [4.78, 5) is 31.9. The maximum absolute atomic E-state index is 13.0. The Balaban J connectivity index is 1.55. The van der Waals surface area contributed by atoms with E-state index in [1.54, 1.807) is 18.3 Å². The Bertz CT molecular complexity index is 931. The minimum Gasteiger partial charge on any atom is -0.494 e. The first-order valence-electron chi connectivity index (χ1n) is 9.24. The third-order valence-electron chi connectivity index (χ3n) is 5.53. The second kappa shape index (κ2) is 7.18. The van der Waals surface area contributed by atoms with E-state index in [2.05, 4.69) is 4.98 Å². The SMILES string of the molecule is COc1cnc(C)cc1C(=O)N1CCC2(CC1)OCCc1sc(C(=O)O)cc12. The molecule has 1 spiro atoms. The number of rotatable bonds is 3. The number of nitrogens with zero attached hydrogens (tertiary/aromatic N) is 2. The number of thiophene rings is 1. The Morgan fingerprint density at radius 1 is 1.32 bits per heavy atom. The van der Waals surface area contributed by atoms with E-state index in [1.807, 2.05) is 11.8 Å². The van der Waals surface area contributed by atoms with E-state index < -0.39 is 11.6 Å². The van der Waals surface area contributed by atoms with Crippen molar-refractivity contribution in [3.05, 3.63) is 44.9 Å². The van der Waals surface area contributed by atoms with Crippen LogP contribution < -0.4 is 4.74 Å². The van der Waals surface area contributed by atoms with E-state index in [0.29, 0.717) is 48.7 Å². The number of piperidine rings is 1. The smallest absolute Gasteiger partial charge is 0.345 e. The molecule has 1 amide bonds. The van der Waals surface area contributed by atoms with Crippen LogP contribution in [0.2, 0.25) is 0 Å². The molecular formula is C20H22N2O5S. The molecule has 0 atom stereocenters. The average molecular weight is 402 g/mol. The zero-order valence-electron chi connectivity index (χ0n) is 15.9. The predicted molar refractivity (Wildman–Crippen MR) is 103 cm³/mol. The molecule has 2 aromatic heterocycles. The van der Waals surface area contributed by atoms with Crippen LogP contribution in [-0.4, -0.2) is 53.7 Å². The number of carboxylic acid groups (broad SMARTS) is 1. The molecule has 1 saturated heterocycles. The lowest BCUT2D eigenvalue weighted by Crippen LogP contribution is -2.48. The summed E-state index contributed by atoms with van der Waals surface area (Å²) in [5, 5.41) is 9.33. The molecular weight excluding hydrogens is 380 g/mol. The lowest BCUT2D eigenvalue weighted by Gasteiger charge is -2.44. The number of likely N-dealkylation sites (tertiary alicyclic amines) is 1. The van der Waals surface area contributed by atoms with Crippen molar-refractivity contribution in [1.29, 1.82) is 0 Å². The standard InChI is InChI=1S/C20H22N2O5S/c1-12-9-13(15(26-2)11-21-12)18(23)22-6-4-20(5-7-22)14-10-17(19(24)25)28-16(14)3-8-27-20/h9-11H,3-8H2,1-2H3,(H,24,25). The number of carbonyl (C=O) groups excluding carboxylic acids is 1. The molecule has 1 fully saturated rings. The molecule has 0 aromatic carbocycles. The molecule has 7 nitrogen and oxygen atoms in total. The van der Waals surface area contributed by atoms with Crippen molar-refractivity contribution in [2.24, 2.45) is 0 Å². The number of carboxylic acids is 1. The molecule has 4 rings (SSSR count). The summed E-state index contributed by atoms with van der Waals surface area (Å²) in [5.74, 6) is -0.511. The number of aromatic carboxylic acids is 1. The van der Waals surface area contributed by atoms with Gasteiger partial charge in [0.1, 0.15) is 10.6 Å². The first-order valence-corrected chi connectivity index (χ1v) is 10.1. The van der Waals surface area contributed by atoms with E-state index in [-0.39, 0.29) is 5.91 Å². The van der Waals surface area contributed by atoms with Gasteiger partial charge in [-0.3, -0.25) is 9.78 Å². The van der Waals surface area contributed by atoms with Crippen molar-refractivity contribution < 1.29 is 24.2 Å². The van der Waals surface area contributed by atoms with Crippen molar-refractivity contribution in [3.8, 4) is 5.75 Å². The molecule has 2 aromatic rings. The lowest BCUT2D eigenvalue weighted by atomic mass is 9.82. The van der Waals surface area contributed by atoms with Crippen molar-refractivity contribution >= 4 is 23.2 Å². The van der Waals surface area contributed by atoms with Gasteiger partial charge in [0.2, 0.25) is 0 Å². The van der Waals surface area contributed by atoms with Gasteiger partial charge in [-0.2, -0.15) is 0 Å². The van der Waals surface area contributed by atoms with Crippen LogP contribution in [0.3, 0.4) is 0 Å². The third-order valence-corrected chi connectivity index (χ3v) is 6.71. The Hall–Kier alpha value is -2.45. The normalized spacial score (nSPS) is 18.0. The molecule has 1 N–H and O–H groups in total. The number of fused-ring (bicyclic) bond motifs is 2. The number of methoxy groups -OCH3 is 1. The molecule has 28 heavy (non-hydrogen) atoms. The van der Waals surface area contributed by atoms with Crippen LogP contribution in [0.4, 0.5) is 0 Å². The maximum atomic E-state index is 13.0. The second-order valence-corrected chi connectivity index (χ2v) is 8.30. The summed E-state index contributed by atoms with van der Waals surface area (Å²) < 4.78 is 11.5. The van der Waals surface area contributed by atoms with Gasteiger partial charge >= 0.3 is 5.97 Å². The highest BCUT2D eigenvalue weighted by atomic mass is 32.1. The Kier molecular flexibility index (Phi) is 4.84. The third kappa shape index (κ3) is 3.16. The molecule has 0 bridgehead atoms. The molecule has 0 saturated carbocycles. The summed E-state index contributed by atoms with van der Waals surface area (Å²) in [5.41, 5.74) is 1.77. The summed E-state index contributed by atoms with van der Waals surface area (Å²) in [6.07, 6.45) is 3.61. The summed E-state index contributed by atoms with van der Waals surface area (Å²) in [6.45, 7) is 3.51. The highest BCUT2D eigenvalue weighted by Gasteiger charge is 2.43. The second-order valence-electron chi connectivity index (χ2n) is 7.16. The number of aryl methyl sites for hydroxylation is 1. The fourth-order valence-corrected chi connectivity index (χ4v) is 5.12. The van der Waals surface area contributed by atoms with E-state index in [1.165, 1.54) is 18.4 Å². The van der Waals surface area contributed by atoms with Crippen LogP contribution in [-0.2, 0) is 16.8 Å². The Labute approximate surface area is 166 Å². The first-order chi connectivity index (χ1) is 13.4. The quantitative estimate of drug-likeness (QED) is 0.849. The Morgan fingerprint density at radius 2 is 2.07 bits per heavy atom. The molecule has 2 aliphatic rings. The lowest BCUT2D eigenvalue weighted by molar-refractivity contribution is -0.0926. The monoisotopic (exact) mass is 402 g/mol. The summed E-state index contributed by atoms with van der Waals surface area (Å²) in [7, 11) is 1.53. The van der Waals surface area contributed by atoms with Gasteiger partial charge in [0.15, 0.2) is 0 Å². The molecule has 0 unspecified atom stereocenters. The number of pyridine rings is 1. The highest BCUT2D eigenvalue weighted by molar-refractivity contribution is 7.14. The molecule has 148 valence electrons. The summed E-state index contributed by atoms with van der Waals surface area (Å²) >= 11 is 1.34. The van der Waals surface area contributed by atoms with E-state index in [0.717, 1.165) is 22.6 Å². The van der Waals surface area contributed by atoms with Gasteiger partial charge in [-0.25, -0.2) is 4.79 Å². The predicted octanol–water partition coefficient (Wildman–Crippen LogP) is 2.86. The van der Waals surface area contributed by atoms with Crippen molar-refractivity contribution in [2.45, 2.75) is 31.8 Å². The van der Waals surface area contributed by atoms with E-state index in [4.69, 9.17) is 9.47 Å². The number of ether oxygens (including phenoxy) is 2. The molecule has 4 heterocycles. The largest absolute Gasteiger partial charge is 0.494 e. The molecule has 0 aliphatic carbocycles. The van der Waals surface area contributed by atoms with Crippen LogP contribution in [0, 0.1) is 6.92 Å². The minimum atomic E-state index is -0.901. The van der Waals surface area contributed by atoms with Gasteiger partial charge in [-0.15, -0.1) is 11.3 Å². The summed E-state index contributed by atoms with van der Waals surface area (Å²) in [6, 6.07) is 3.51. The zero-order valence-corrected chi connectivity index (χ0v) is 16.7. The van der Waals surface area contributed by atoms with Gasteiger partial charge in [-0.1, -0.05) is 0 Å². The van der Waals surface area contributed by atoms with Gasteiger partial charge in [0.25, 0.3) is 5.91 Å². The molecule has 0 radical (unpaired) electrons. The fourth-order valence-electron chi connectivity index (χ4n) is 4.05. The number of hydrogen-bond acceptors (Lipinski definition) is 6.